The van der Waals surface area contributed by atoms with Crippen LogP contribution in [0.5, 0.6) is 0 Å². The number of hydrogen-bond donors (Lipinski definition) is 2. The van der Waals surface area contributed by atoms with Crippen LogP contribution in [-0.4, -0.2) is 28.3 Å². The van der Waals surface area contributed by atoms with E-state index in [0.29, 0.717) is 12.5 Å². The quantitative estimate of drug-likeness (QED) is 0.665. The lowest BCUT2D eigenvalue weighted by Gasteiger charge is -2.33. The summed E-state index contributed by atoms with van der Waals surface area (Å²) < 4.78 is 0. The van der Waals surface area contributed by atoms with Gasteiger partial charge in [-0.15, -0.1) is 0 Å². The zero-order chi connectivity index (χ0) is 10.6. The Hall–Kier alpha value is -0.770. The molecule has 0 heterocycles. The number of rotatable bonds is 3. The van der Waals surface area contributed by atoms with E-state index in [9.17, 15) is 4.79 Å². The second-order valence-corrected chi connectivity index (χ2v) is 4.54. The van der Waals surface area contributed by atoms with Crippen LogP contribution in [0.3, 0.4) is 0 Å². The fraction of sp³-hybridized carbons (Fsp3) is 0.889. The van der Waals surface area contributed by atoms with Crippen LogP contribution in [-0.2, 0) is 0 Å². The highest BCUT2D eigenvalue weighted by molar-refractivity contribution is 5.65. The molecule has 0 aliphatic carbocycles. The third-order valence-electron chi connectivity index (χ3n) is 1.52. The maximum absolute atomic E-state index is 10.8. The minimum Gasteiger partial charge on any atom is -0.464 e. The van der Waals surface area contributed by atoms with Gasteiger partial charge in [0, 0.05) is 6.54 Å². The van der Waals surface area contributed by atoms with E-state index in [1.807, 2.05) is 34.6 Å². The molecule has 0 saturated carbocycles. The molecule has 0 saturated heterocycles. The van der Waals surface area contributed by atoms with Gasteiger partial charge < -0.3 is 5.11 Å². The molecule has 0 rings (SSSR count). The average Bonchev–Trinajstić information content (AvgIpc) is 1.81. The number of carboxylic acid groups (broad SMARTS) is 1. The molecular weight excluding hydrogens is 168 g/mol. The van der Waals surface area contributed by atoms with Crippen molar-refractivity contribution < 1.29 is 9.90 Å². The van der Waals surface area contributed by atoms with Crippen LogP contribution in [0.2, 0.25) is 0 Å². The fourth-order valence-electron chi connectivity index (χ4n) is 0.866. The zero-order valence-electron chi connectivity index (χ0n) is 9.09. The summed E-state index contributed by atoms with van der Waals surface area (Å²) in [5, 5.41) is 10.1. The van der Waals surface area contributed by atoms with Crippen LogP contribution in [0.15, 0.2) is 0 Å². The minimum atomic E-state index is -0.937. The molecule has 13 heavy (non-hydrogen) atoms. The maximum atomic E-state index is 10.8. The molecule has 2 N–H and O–H groups in total. The molecular formula is C9H20N2O2. The Morgan fingerprint density at radius 2 is 1.92 bits per heavy atom. The Balaban J connectivity index is 4.20. The van der Waals surface area contributed by atoms with E-state index in [0.717, 1.165) is 0 Å². The van der Waals surface area contributed by atoms with Crippen LogP contribution in [0, 0.1) is 5.92 Å². The first-order valence-electron chi connectivity index (χ1n) is 4.52. The third-order valence-corrected chi connectivity index (χ3v) is 1.52. The lowest BCUT2D eigenvalue weighted by Crippen LogP contribution is -2.54. The molecule has 78 valence electrons. The van der Waals surface area contributed by atoms with Crippen molar-refractivity contribution in [2.24, 2.45) is 5.92 Å². The normalized spacial score (nSPS) is 11.8. The summed E-state index contributed by atoms with van der Waals surface area (Å²) in [4.78, 5) is 10.8. The third kappa shape index (κ3) is 4.72. The van der Waals surface area contributed by atoms with Gasteiger partial charge in [0.15, 0.2) is 0 Å². The molecule has 1 amide bonds. The Bertz CT molecular complexity index is 173. The number of hydrazine groups is 1. The predicted octanol–water partition coefficient (Wildman–Crippen LogP) is 1.93. The van der Waals surface area contributed by atoms with Crippen LogP contribution in [0.1, 0.15) is 34.6 Å². The van der Waals surface area contributed by atoms with Gasteiger partial charge in [-0.05, 0) is 26.7 Å². The average molecular weight is 188 g/mol. The van der Waals surface area contributed by atoms with Gasteiger partial charge in [-0.25, -0.2) is 15.2 Å². The molecule has 0 unspecified atom stereocenters. The lowest BCUT2D eigenvalue weighted by molar-refractivity contribution is 0.0614. The molecule has 0 fully saturated rings. The summed E-state index contributed by atoms with van der Waals surface area (Å²) in [5.74, 6) is 0.434. The van der Waals surface area contributed by atoms with Crippen molar-refractivity contribution in [1.82, 2.24) is 10.4 Å². The van der Waals surface area contributed by atoms with E-state index in [1.54, 1.807) is 0 Å². The first-order valence-corrected chi connectivity index (χ1v) is 4.52. The van der Waals surface area contributed by atoms with Crippen molar-refractivity contribution in [2.75, 3.05) is 6.54 Å². The van der Waals surface area contributed by atoms with Crippen molar-refractivity contribution >= 4 is 6.09 Å². The van der Waals surface area contributed by atoms with Gasteiger partial charge in [-0.1, -0.05) is 13.8 Å². The van der Waals surface area contributed by atoms with Gasteiger partial charge in [-0.3, -0.25) is 0 Å². The minimum absolute atomic E-state index is 0.402. The number of nitrogens with one attached hydrogen (secondary N) is 1. The van der Waals surface area contributed by atoms with Gasteiger partial charge in [0.2, 0.25) is 0 Å². The van der Waals surface area contributed by atoms with Crippen LogP contribution in [0.4, 0.5) is 4.79 Å². The lowest BCUT2D eigenvalue weighted by atomic mass is 10.1. The van der Waals surface area contributed by atoms with Gasteiger partial charge in [-0.2, -0.15) is 0 Å². The van der Waals surface area contributed by atoms with Crippen molar-refractivity contribution in [1.29, 1.82) is 0 Å². The Morgan fingerprint density at radius 3 is 2.15 bits per heavy atom. The van der Waals surface area contributed by atoms with E-state index < -0.39 is 11.6 Å². The Labute approximate surface area is 79.9 Å². The maximum Gasteiger partial charge on any atom is 0.422 e. The molecule has 0 radical (unpaired) electrons. The highest BCUT2D eigenvalue weighted by atomic mass is 16.4. The Morgan fingerprint density at radius 1 is 1.46 bits per heavy atom. The largest absolute Gasteiger partial charge is 0.464 e. The first kappa shape index (κ1) is 12.2. The molecule has 4 heteroatoms. The topological polar surface area (TPSA) is 52.6 Å². The molecule has 0 aromatic heterocycles. The van der Waals surface area contributed by atoms with Crippen molar-refractivity contribution in [3.05, 3.63) is 0 Å². The van der Waals surface area contributed by atoms with E-state index in [4.69, 9.17) is 5.11 Å². The monoisotopic (exact) mass is 188 g/mol. The van der Waals surface area contributed by atoms with E-state index in [1.165, 1.54) is 5.01 Å². The summed E-state index contributed by atoms with van der Waals surface area (Å²) in [5.41, 5.74) is 2.49. The summed E-state index contributed by atoms with van der Waals surface area (Å²) >= 11 is 0. The first-order chi connectivity index (χ1) is 5.75. The molecule has 0 aromatic rings. The summed E-state index contributed by atoms with van der Waals surface area (Å²) in [7, 11) is 0. The summed E-state index contributed by atoms with van der Waals surface area (Å²) in [6.45, 7) is 10.3. The van der Waals surface area contributed by atoms with E-state index >= 15 is 0 Å². The second kappa shape index (κ2) is 4.46. The van der Waals surface area contributed by atoms with Crippen LogP contribution in [0.25, 0.3) is 0 Å². The second-order valence-electron chi connectivity index (χ2n) is 4.54. The SMILES string of the molecule is CC(C)CNN(C(=O)O)C(C)(C)C. The van der Waals surface area contributed by atoms with E-state index in [2.05, 4.69) is 5.43 Å². The molecule has 0 aliphatic rings. The van der Waals surface area contributed by atoms with Gasteiger partial charge in [0.1, 0.15) is 0 Å². The van der Waals surface area contributed by atoms with Crippen LogP contribution >= 0.6 is 0 Å². The molecule has 0 atom stereocenters. The molecule has 0 aliphatic heterocycles. The number of nitrogens with zero attached hydrogens (tertiary/aromatic N) is 1. The standard InChI is InChI=1S/C9H20N2O2/c1-7(2)6-10-11(8(12)13)9(3,4)5/h7,10H,6H2,1-5H3,(H,12,13). The summed E-state index contributed by atoms with van der Waals surface area (Å²) in [6.07, 6.45) is -0.937. The zero-order valence-corrected chi connectivity index (χ0v) is 9.09. The smallest absolute Gasteiger partial charge is 0.422 e. The molecule has 0 bridgehead atoms. The number of hydrogen-bond acceptors (Lipinski definition) is 2. The van der Waals surface area contributed by atoms with Gasteiger partial charge in [0.05, 0.1) is 5.54 Å². The van der Waals surface area contributed by atoms with Crippen molar-refractivity contribution in [3.63, 3.8) is 0 Å². The van der Waals surface area contributed by atoms with Crippen molar-refractivity contribution in [2.45, 2.75) is 40.2 Å². The van der Waals surface area contributed by atoms with E-state index in [-0.39, 0.29) is 0 Å². The highest BCUT2D eigenvalue weighted by Crippen LogP contribution is 2.10. The Kier molecular flexibility index (Phi) is 4.20. The molecule has 0 aromatic carbocycles. The number of amides is 1. The van der Waals surface area contributed by atoms with Crippen LogP contribution < -0.4 is 5.43 Å². The summed E-state index contributed by atoms with van der Waals surface area (Å²) in [6, 6.07) is 0. The van der Waals surface area contributed by atoms with Gasteiger partial charge in [0.25, 0.3) is 0 Å². The number of carbonyl (C=O) groups is 1. The highest BCUT2D eigenvalue weighted by Gasteiger charge is 2.25. The fourth-order valence-corrected chi connectivity index (χ4v) is 0.866. The molecule has 0 spiro atoms. The predicted molar refractivity (Wildman–Crippen MR) is 52.5 cm³/mol. The van der Waals surface area contributed by atoms with Crippen molar-refractivity contribution in [3.8, 4) is 0 Å². The van der Waals surface area contributed by atoms with Gasteiger partial charge >= 0.3 is 6.09 Å². The molecule has 4 nitrogen and oxygen atoms in total.